The van der Waals surface area contributed by atoms with Crippen LogP contribution in [0.2, 0.25) is 0 Å². The van der Waals surface area contributed by atoms with E-state index in [-0.39, 0.29) is 11.6 Å². The summed E-state index contributed by atoms with van der Waals surface area (Å²) in [4.78, 5) is 15.3. The minimum Gasteiger partial charge on any atom is -0.465 e. The molecule has 30 heavy (non-hydrogen) atoms. The van der Waals surface area contributed by atoms with Crippen molar-refractivity contribution in [3.63, 3.8) is 0 Å². The van der Waals surface area contributed by atoms with Crippen LogP contribution in [-0.4, -0.2) is 59.3 Å². The molecule has 1 fully saturated rings. The Bertz CT molecular complexity index is 873. The first-order chi connectivity index (χ1) is 14.4. The molecule has 1 saturated heterocycles. The van der Waals surface area contributed by atoms with Gasteiger partial charge in [0.25, 0.3) is 0 Å². The summed E-state index contributed by atoms with van der Waals surface area (Å²) >= 11 is 0. The molecule has 1 aliphatic heterocycles. The van der Waals surface area contributed by atoms with Crippen molar-refractivity contribution in [3.8, 4) is 0 Å². The predicted molar refractivity (Wildman–Crippen MR) is 118 cm³/mol. The third-order valence-corrected chi connectivity index (χ3v) is 6.69. The first kappa shape index (κ1) is 20.9. The number of rotatable bonds is 5. The van der Waals surface area contributed by atoms with Gasteiger partial charge in [-0.2, -0.15) is 0 Å². The maximum absolute atomic E-state index is 11.4. The molecule has 1 amide bonds. The zero-order chi connectivity index (χ0) is 21.3. The normalized spacial score (nSPS) is 19.5. The Morgan fingerprint density at radius 1 is 1.03 bits per heavy atom. The van der Waals surface area contributed by atoms with Crippen molar-refractivity contribution in [1.29, 1.82) is 0 Å². The zero-order valence-corrected chi connectivity index (χ0v) is 18.2. The lowest BCUT2D eigenvalue weighted by atomic mass is 9.93. The van der Waals surface area contributed by atoms with Crippen LogP contribution in [0.15, 0.2) is 42.5 Å². The van der Waals surface area contributed by atoms with Gasteiger partial charge >= 0.3 is 6.09 Å². The lowest BCUT2D eigenvalue weighted by Crippen LogP contribution is -2.60. The molecule has 2 aromatic rings. The standard InChI is InChI=1S/C25H32N2O3/c1-18-12-19(2)14-23(13-18)20(3)30-17-25(15-21-6-4-5-7-22(21)16-25)27-10-8-26(9-11-27)24(28)29/h4-7,12-14,20H,8-11,15-17H2,1-3H3,(H,28,29). The fourth-order valence-corrected chi connectivity index (χ4v) is 5.08. The van der Waals surface area contributed by atoms with E-state index < -0.39 is 6.09 Å². The first-order valence-electron chi connectivity index (χ1n) is 10.9. The fourth-order valence-electron chi connectivity index (χ4n) is 5.08. The quantitative estimate of drug-likeness (QED) is 0.805. The van der Waals surface area contributed by atoms with Crippen LogP contribution < -0.4 is 0 Å². The highest BCUT2D eigenvalue weighted by atomic mass is 16.5. The zero-order valence-electron chi connectivity index (χ0n) is 18.2. The molecule has 1 aliphatic carbocycles. The van der Waals surface area contributed by atoms with Crippen LogP contribution >= 0.6 is 0 Å². The van der Waals surface area contributed by atoms with E-state index >= 15 is 0 Å². The van der Waals surface area contributed by atoms with Gasteiger partial charge in [0.2, 0.25) is 0 Å². The van der Waals surface area contributed by atoms with Crippen molar-refractivity contribution in [2.75, 3.05) is 32.8 Å². The van der Waals surface area contributed by atoms with Gasteiger partial charge in [0.15, 0.2) is 0 Å². The number of piperazine rings is 1. The van der Waals surface area contributed by atoms with E-state index in [1.54, 1.807) is 0 Å². The van der Waals surface area contributed by atoms with Crippen LogP contribution in [0.4, 0.5) is 4.79 Å². The van der Waals surface area contributed by atoms with Crippen LogP contribution in [0.5, 0.6) is 0 Å². The molecule has 5 nitrogen and oxygen atoms in total. The number of nitrogens with zero attached hydrogens (tertiary/aromatic N) is 2. The summed E-state index contributed by atoms with van der Waals surface area (Å²) in [6, 6.07) is 15.3. The summed E-state index contributed by atoms with van der Waals surface area (Å²) in [6.45, 7) is 9.64. The Balaban J connectivity index is 1.52. The average Bonchev–Trinajstić information content (AvgIpc) is 3.11. The maximum atomic E-state index is 11.4. The minimum atomic E-state index is -0.821. The van der Waals surface area contributed by atoms with Crippen molar-refractivity contribution in [2.24, 2.45) is 0 Å². The molecule has 2 aliphatic rings. The van der Waals surface area contributed by atoms with Crippen molar-refractivity contribution in [1.82, 2.24) is 9.80 Å². The van der Waals surface area contributed by atoms with Crippen LogP contribution in [0.3, 0.4) is 0 Å². The number of amides is 1. The predicted octanol–water partition coefficient (Wildman–Crippen LogP) is 4.21. The van der Waals surface area contributed by atoms with Crippen molar-refractivity contribution >= 4 is 6.09 Å². The summed E-state index contributed by atoms with van der Waals surface area (Å²) in [6.07, 6.45) is 1.11. The molecular weight excluding hydrogens is 376 g/mol. The van der Waals surface area contributed by atoms with Crippen molar-refractivity contribution in [3.05, 3.63) is 70.3 Å². The minimum absolute atomic E-state index is 0.0181. The van der Waals surface area contributed by atoms with E-state index in [2.05, 4.69) is 68.1 Å². The lowest BCUT2D eigenvalue weighted by Gasteiger charge is -2.45. The highest BCUT2D eigenvalue weighted by Crippen LogP contribution is 2.37. The maximum Gasteiger partial charge on any atom is 0.407 e. The van der Waals surface area contributed by atoms with E-state index in [1.165, 1.54) is 32.7 Å². The lowest BCUT2D eigenvalue weighted by molar-refractivity contribution is -0.0474. The molecule has 5 heteroatoms. The molecule has 1 heterocycles. The van der Waals surface area contributed by atoms with E-state index in [9.17, 15) is 9.90 Å². The van der Waals surface area contributed by atoms with Crippen LogP contribution in [-0.2, 0) is 17.6 Å². The van der Waals surface area contributed by atoms with Crippen LogP contribution in [0.25, 0.3) is 0 Å². The van der Waals surface area contributed by atoms with Gasteiger partial charge in [0, 0.05) is 26.2 Å². The van der Waals surface area contributed by atoms with Crippen molar-refractivity contribution < 1.29 is 14.6 Å². The summed E-state index contributed by atoms with van der Waals surface area (Å²) in [5.41, 5.74) is 6.40. The first-order valence-corrected chi connectivity index (χ1v) is 10.9. The molecule has 0 saturated carbocycles. The third-order valence-electron chi connectivity index (χ3n) is 6.69. The van der Waals surface area contributed by atoms with Gasteiger partial charge in [0.05, 0.1) is 18.2 Å². The number of hydrogen-bond donors (Lipinski definition) is 1. The molecule has 0 radical (unpaired) electrons. The average molecular weight is 409 g/mol. The molecule has 1 N–H and O–H groups in total. The summed E-state index contributed by atoms with van der Waals surface area (Å²) in [5, 5.41) is 9.33. The number of benzene rings is 2. The smallest absolute Gasteiger partial charge is 0.407 e. The molecule has 1 unspecified atom stereocenters. The number of ether oxygens (including phenoxy) is 1. The molecule has 0 aromatic heterocycles. The topological polar surface area (TPSA) is 53.0 Å². The number of carboxylic acid groups (broad SMARTS) is 1. The van der Waals surface area contributed by atoms with E-state index in [0.717, 1.165) is 25.9 Å². The second-order valence-electron chi connectivity index (χ2n) is 8.98. The van der Waals surface area contributed by atoms with E-state index in [4.69, 9.17) is 4.74 Å². The van der Waals surface area contributed by atoms with Gasteiger partial charge in [-0.3, -0.25) is 4.90 Å². The second kappa shape index (κ2) is 8.40. The Morgan fingerprint density at radius 3 is 2.13 bits per heavy atom. The van der Waals surface area contributed by atoms with Gasteiger partial charge in [-0.1, -0.05) is 53.6 Å². The Kier molecular flexibility index (Phi) is 5.85. The molecule has 2 aromatic carbocycles. The third kappa shape index (κ3) is 4.23. The number of fused-ring (bicyclic) bond motifs is 1. The van der Waals surface area contributed by atoms with Gasteiger partial charge in [-0.25, -0.2) is 4.79 Å². The molecule has 1 atom stereocenters. The van der Waals surface area contributed by atoms with Crippen LogP contribution in [0, 0.1) is 13.8 Å². The SMILES string of the molecule is Cc1cc(C)cc(C(C)OCC2(N3CCN(C(=O)O)CC3)Cc3ccccc3C2)c1. The van der Waals surface area contributed by atoms with Gasteiger partial charge in [-0.15, -0.1) is 0 Å². The Labute approximate surface area is 179 Å². The summed E-state index contributed by atoms with van der Waals surface area (Å²) < 4.78 is 6.51. The monoisotopic (exact) mass is 408 g/mol. The van der Waals surface area contributed by atoms with E-state index in [0.29, 0.717) is 19.7 Å². The molecule has 0 bridgehead atoms. The van der Waals surface area contributed by atoms with Gasteiger partial charge in [-0.05, 0) is 50.3 Å². The van der Waals surface area contributed by atoms with Gasteiger partial charge < -0.3 is 14.7 Å². The fraction of sp³-hybridized carbons (Fsp3) is 0.480. The Morgan fingerprint density at radius 2 is 1.60 bits per heavy atom. The highest BCUT2D eigenvalue weighted by molar-refractivity contribution is 5.65. The molecule has 160 valence electrons. The summed E-state index contributed by atoms with van der Waals surface area (Å²) in [7, 11) is 0. The van der Waals surface area contributed by atoms with Gasteiger partial charge in [0.1, 0.15) is 0 Å². The summed E-state index contributed by atoms with van der Waals surface area (Å²) in [5.74, 6) is 0. The number of hydrogen-bond acceptors (Lipinski definition) is 3. The molecule has 4 rings (SSSR count). The number of aryl methyl sites for hydroxylation is 2. The number of carbonyl (C=O) groups is 1. The van der Waals surface area contributed by atoms with E-state index in [1.807, 2.05) is 0 Å². The van der Waals surface area contributed by atoms with Crippen LogP contribution in [0.1, 0.15) is 40.8 Å². The van der Waals surface area contributed by atoms with Crippen molar-refractivity contribution in [2.45, 2.75) is 45.3 Å². The second-order valence-corrected chi connectivity index (χ2v) is 8.98. The largest absolute Gasteiger partial charge is 0.465 e. The molecule has 0 spiro atoms. The molecular formula is C25H32N2O3. The Hall–Kier alpha value is -2.37. The highest BCUT2D eigenvalue weighted by Gasteiger charge is 2.44.